The number of esters is 1. The number of amides is 3. The zero-order valence-electron chi connectivity index (χ0n) is 19.4. The molecule has 0 spiro atoms. The van der Waals surface area contributed by atoms with Crippen LogP contribution in [0, 0.1) is 30.6 Å². The molecule has 0 bridgehead atoms. The molecule has 180 valence electrons. The van der Waals surface area contributed by atoms with Crippen molar-refractivity contribution >= 4 is 46.7 Å². The first-order valence-corrected chi connectivity index (χ1v) is 12.1. The van der Waals surface area contributed by atoms with Crippen molar-refractivity contribution in [1.82, 2.24) is 0 Å². The van der Waals surface area contributed by atoms with Crippen LogP contribution in [-0.4, -0.2) is 30.2 Å². The van der Waals surface area contributed by atoms with Crippen LogP contribution >= 0.6 is 11.6 Å². The summed E-state index contributed by atoms with van der Waals surface area (Å²) >= 11 is 6.19. The molecule has 2 aromatic rings. The van der Waals surface area contributed by atoms with Crippen LogP contribution in [0.2, 0.25) is 5.02 Å². The summed E-state index contributed by atoms with van der Waals surface area (Å²) < 4.78 is 5.53. The second-order valence-electron chi connectivity index (χ2n) is 9.37. The number of nitrogens with zero attached hydrogens (tertiary/aromatic N) is 2. The Morgan fingerprint density at radius 2 is 1.80 bits per heavy atom. The summed E-state index contributed by atoms with van der Waals surface area (Å²) in [5, 5.41) is 0.557. The lowest BCUT2D eigenvalue weighted by Gasteiger charge is -2.22. The van der Waals surface area contributed by atoms with Crippen molar-refractivity contribution in [3.05, 3.63) is 65.2 Å². The summed E-state index contributed by atoms with van der Waals surface area (Å²) in [6.07, 6.45) is 4.57. The third-order valence-electron chi connectivity index (χ3n) is 7.17. The summed E-state index contributed by atoms with van der Waals surface area (Å²) in [7, 11) is 0. The van der Waals surface area contributed by atoms with Gasteiger partial charge in [-0.3, -0.25) is 24.1 Å². The third kappa shape index (κ3) is 4.04. The second-order valence-corrected chi connectivity index (χ2v) is 9.78. The Morgan fingerprint density at radius 1 is 1.06 bits per heavy atom. The molecule has 0 N–H and O–H groups in total. The van der Waals surface area contributed by atoms with E-state index in [1.807, 2.05) is 26.0 Å². The minimum Gasteiger partial charge on any atom is -0.426 e. The average Bonchev–Trinajstić information content (AvgIpc) is 3.34. The fraction of sp³-hybridized carbons (Fsp3) is 0.333. The SMILES string of the molecule is Cc1c(Cl)cccc1N1C[C@H](C(=O)Oc2ccc(N3C(=O)[C@@H]4[C@@H](C)C=CC[C@H]4C3=O)cc2)CC1=O. The van der Waals surface area contributed by atoms with Crippen molar-refractivity contribution in [3.63, 3.8) is 0 Å². The summed E-state index contributed by atoms with van der Waals surface area (Å²) in [4.78, 5) is 54.0. The first-order valence-electron chi connectivity index (χ1n) is 11.7. The second kappa shape index (κ2) is 8.96. The summed E-state index contributed by atoms with van der Waals surface area (Å²) in [6.45, 7) is 4.00. The van der Waals surface area contributed by atoms with E-state index in [0.29, 0.717) is 22.8 Å². The molecule has 7 nitrogen and oxygen atoms in total. The van der Waals surface area contributed by atoms with E-state index < -0.39 is 11.9 Å². The molecule has 1 aliphatic carbocycles. The topological polar surface area (TPSA) is 84.0 Å². The molecule has 5 rings (SSSR count). The van der Waals surface area contributed by atoms with E-state index in [4.69, 9.17) is 16.3 Å². The highest BCUT2D eigenvalue weighted by Crippen LogP contribution is 2.40. The molecule has 0 unspecified atom stereocenters. The maximum Gasteiger partial charge on any atom is 0.316 e. The third-order valence-corrected chi connectivity index (χ3v) is 7.58. The van der Waals surface area contributed by atoms with Gasteiger partial charge in [-0.15, -0.1) is 0 Å². The molecule has 4 atom stereocenters. The number of rotatable bonds is 4. The van der Waals surface area contributed by atoms with Crippen LogP contribution < -0.4 is 14.5 Å². The molecule has 2 aliphatic heterocycles. The lowest BCUT2D eigenvalue weighted by Crippen LogP contribution is -2.31. The van der Waals surface area contributed by atoms with E-state index in [1.165, 1.54) is 4.90 Å². The minimum atomic E-state index is -0.612. The van der Waals surface area contributed by atoms with E-state index in [-0.39, 0.29) is 54.2 Å². The Hall–Kier alpha value is -3.45. The van der Waals surface area contributed by atoms with Crippen molar-refractivity contribution in [3.8, 4) is 5.75 Å². The van der Waals surface area contributed by atoms with Gasteiger partial charge in [0.05, 0.1) is 23.4 Å². The van der Waals surface area contributed by atoms with Gasteiger partial charge < -0.3 is 9.64 Å². The van der Waals surface area contributed by atoms with Crippen LogP contribution in [0.15, 0.2) is 54.6 Å². The maximum absolute atomic E-state index is 13.0. The van der Waals surface area contributed by atoms with Crippen LogP contribution in [0.1, 0.15) is 25.3 Å². The molecule has 35 heavy (non-hydrogen) atoms. The van der Waals surface area contributed by atoms with Gasteiger partial charge in [0.1, 0.15) is 5.75 Å². The number of halogens is 1. The number of fused-ring (bicyclic) bond motifs is 1. The fourth-order valence-corrected chi connectivity index (χ4v) is 5.42. The number of carbonyl (C=O) groups is 4. The molecular formula is C27H25ClN2O5. The van der Waals surface area contributed by atoms with Gasteiger partial charge in [-0.05, 0) is 61.2 Å². The van der Waals surface area contributed by atoms with Gasteiger partial charge in [-0.1, -0.05) is 36.7 Å². The number of allylic oxidation sites excluding steroid dienone is 2. The largest absolute Gasteiger partial charge is 0.426 e. The highest BCUT2D eigenvalue weighted by Gasteiger charge is 2.50. The predicted molar refractivity (Wildman–Crippen MR) is 131 cm³/mol. The Morgan fingerprint density at radius 3 is 2.51 bits per heavy atom. The highest BCUT2D eigenvalue weighted by molar-refractivity contribution is 6.31. The lowest BCUT2D eigenvalue weighted by molar-refractivity contribution is -0.139. The monoisotopic (exact) mass is 492 g/mol. The molecule has 0 saturated carbocycles. The van der Waals surface area contributed by atoms with E-state index in [1.54, 1.807) is 47.4 Å². The molecule has 0 radical (unpaired) electrons. The number of carbonyl (C=O) groups excluding carboxylic acids is 4. The zero-order chi connectivity index (χ0) is 24.9. The number of anilines is 2. The van der Waals surface area contributed by atoms with Crippen LogP contribution in [0.5, 0.6) is 5.75 Å². The first-order chi connectivity index (χ1) is 16.8. The van der Waals surface area contributed by atoms with Crippen LogP contribution in [-0.2, 0) is 19.2 Å². The zero-order valence-corrected chi connectivity index (χ0v) is 20.2. The Balaban J connectivity index is 1.26. The van der Waals surface area contributed by atoms with Gasteiger partial charge in [0.2, 0.25) is 17.7 Å². The van der Waals surface area contributed by atoms with Crippen molar-refractivity contribution in [1.29, 1.82) is 0 Å². The van der Waals surface area contributed by atoms with Gasteiger partial charge in [-0.2, -0.15) is 0 Å². The van der Waals surface area contributed by atoms with E-state index in [2.05, 4.69) is 0 Å². The first kappa shape index (κ1) is 23.3. The molecule has 3 amide bonds. The van der Waals surface area contributed by atoms with Crippen molar-refractivity contribution in [2.24, 2.45) is 23.7 Å². The molecule has 2 aromatic carbocycles. The molecule has 2 heterocycles. The predicted octanol–water partition coefficient (Wildman–Crippen LogP) is 4.31. The van der Waals surface area contributed by atoms with Gasteiger partial charge in [0.25, 0.3) is 0 Å². The van der Waals surface area contributed by atoms with E-state index in [9.17, 15) is 19.2 Å². The quantitative estimate of drug-likeness (QED) is 0.275. The van der Waals surface area contributed by atoms with Crippen molar-refractivity contribution in [2.45, 2.75) is 26.7 Å². The maximum atomic E-state index is 13.0. The highest BCUT2D eigenvalue weighted by atomic mass is 35.5. The van der Waals surface area contributed by atoms with Crippen LogP contribution in [0.4, 0.5) is 11.4 Å². The standard InChI is InChI=1S/C27H25ClN2O5/c1-15-5-3-6-20-24(15)26(33)30(25(20)32)18-9-11-19(12-10-18)35-27(34)17-13-23(31)29(14-17)22-8-4-7-21(28)16(22)2/h3-5,7-12,15,17,20,24H,6,13-14H2,1-2H3/t15-,17+,20+,24+/m0/s1. The van der Waals surface area contributed by atoms with E-state index in [0.717, 1.165) is 5.56 Å². The van der Waals surface area contributed by atoms with Crippen LogP contribution in [0.3, 0.4) is 0 Å². The number of benzene rings is 2. The van der Waals surface area contributed by atoms with Crippen molar-refractivity contribution < 1.29 is 23.9 Å². The smallest absolute Gasteiger partial charge is 0.316 e. The Bertz CT molecular complexity index is 1250. The van der Waals surface area contributed by atoms with Crippen molar-refractivity contribution in [2.75, 3.05) is 16.3 Å². The average molecular weight is 493 g/mol. The molecule has 3 aliphatic rings. The molecule has 0 aromatic heterocycles. The number of imide groups is 1. The minimum absolute atomic E-state index is 0.0137. The Kier molecular flexibility index (Phi) is 5.97. The van der Waals surface area contributed by atoms with Gasteiger partial charge >= 0.3 is 5.97 Å². The molecule has 2 saturated heterocycles. The summed E-state index contributed by atoms with van der Waals surface area (Å²) in [6, 6.07) is 11.7. The van der Waals surface area contributed by atoms with Gasteiger partial charge in [-0.25, -0.2) is 0 Å². The number of hydrogen-bond donors (Lipinski definition) is 0. The molecule has 8 heteroatoms. The van der Waals surface area contributed by atoms with Gasteiger partial charge in [0, 0.05) is 23.7 Å². The Labute approximate surface area is 208 Å². The lowest BCUT2D eigenvalue weighted by atomic mass is 9.78. The van der Waals surface area contributed by atoms with E-state index >= 15 is 0 Å². The normalized spacial score (nSPS) is 25.9. The fourth-order valence-electron chi connectivity index (χ4n) is 5.25. The molecule has 2 fully saturated rings. The summed E-state index contributed by atoms with van der Waals surface area (Å²) in [5.41, 5.74) is 1.93. The summed E-state index contributed by atoms with van der Waals surface area (Å²) in [5.74, 6) is -2.03. The van der Waals surface area contributed by atoms with Crippen LogP contribution in [0.25, 0.3) is 0 Å². The molecular weight excluding hydrogens is 468 g/mol. The number of ether oxygens (including phenoxy) is 1. The van der Waals surface area contributed by atoms with Gasteiger partial charge in [0.15, 0.2) is 0 Å². The number of hydrogen-bond acceptors (Lipinski definition) is 5.